The Kier molecular flexibility index (Phi) is 8.75. The fourth-order valence-corrected chi connectivity index (χ4v) is 1.54. The Morgan fingerprint density at radius 1 is 1.36 bits per heavy atom. The lowest BCUT2D eigenvalue weighted by Gasteiger charge is -2.18. The highest BCUT2D eigenvalue weighted by atomic mass is 16.5. The van der Waals surface area contributed by atoms with Crippen LogP contribution in [-0.2, 0) is 4.74 Å². The Bertz CT molecular complexity index is 154. The molecule has 1 N–H and O–H groups in total. The molecule has 0 saturated carbocycles. The summed E-state index contributed by atoms with van der Waals surface area (Å²) in [4.78, 5) is 0. The van der Waals surface area contributed by atoms with E-state index in [4.69, 9.17) is 4.74 Å². The molecule has 84 valence electrons. The molecule has 0 rings (SSSR count). The number of hydrogen-bond donors (Lipinski definition) is 1. The van der Waals surface area contributed by atoms with E-state index >= 15 is 0 Å². The molecule has 0 aliphatic carbocycles. The number of ether oxygens (including phenoxy) is 1. The first-order valence-corrected chi connectivity index (χ1v) is 5.70. The van der Waals surface area contributed by atoms with E-state index in [1.807, 2.05) is 6.92 Å². The van der Waals surface area contributed by atoms with Gasteiger partial charge in [0.2, 0.25) is 0 Å². The first kappa shape index (κ1) is 13.5. The minimum atomic E-state index is 0.575. The zero-order valence-corrected chi connectivity index (χ0v) is 10.1. The molecule has 2 heteroatoms. The molecule has 0 fully saturated rings. The molecule has 0 bridgehead atoms. The SMILES string of the molecule is C/C=C(/CC(CCC)NCCC)OC. The van der Waals surface area contributed by atoms with Gasteiger partial charge in [-0.2, -0.15) is 0 Å². The van der Waals surface area contributed by atoms with Crippen molar-refractivity contribution in [1.29, 1.82) is 0 Å². The van der Waals surface area contributed by atoms with Crippen molar-refractivity contribution < 1.29 is 4.74 Å². The van der Waals surface area contributed by atoms with E-state index in [0.29, 0.717) is 6.04 Å². The molecule has 14 heavy (non-hydrogen) atoms. The Balaban J connectivity index is 3.93. The third-order valence-electron chi connectivity index (χ3n) is 2.35. The van der Waals surface area contributed by atoms with E-state index in [1.165, 1.54) is 19.3 Å². The quantitative estimate of drug-likeness (QED) is 0.607. The largest absolute Gasteiger partial charge is 0.501 e. The van der Waals surface area contributed by atoms with Gasteiger partial charge >= 0.3 is 0 Å². The molecular formula is C12H25NO. The highest BCUT2D eigenvalue weighted by Gasteiger charge is 2.08. The molecule has 1 atom stereocenters. The maximum atomic E-state index is 5.28. The van der Waals surface area contributed by atoms with Gasteiger partial charge in [-0.25, -0.2) is 0 Å². The summed E-state index contributed by atoms with van der Waals surface area (Å²) in [6.45, 7) is 7.55. The van der Waals surface area contributed by atoms with Crippen LogP contribution in [0.15, 0.2) is 11.8 Å². The molecule has 0 aromatic heterocycles. The van der Waals surface area contributed by atoms with Crippen LogP contribution in [0, 0.1) is 0 Å². The van der Waals surface area contributed by atoms with E-state index in [-0.39, 0.29) is 0 Å². The molecule has 0 heterocycles. The minimum Gasteiger partial charge on any atom is -0.501 e. The van der Waals surface area contributed by atoms with Gasteiger partial charge in [0.25, 0.3) is 0 Å². The van der Waals surface area contributed by atoms with Crippen molar-refractivity contribution in [3.63, 3.8) is 0 Å². The van der Waals surface area contributed by atoms with E-state index < -0.39 is 0 Å². The van der Waals surface area contributed by atoms with Crippen LogP contribution < -0.4 is 5.32 Å². The molecule has 1 unspecified atom stereocenters. The van der Waals surface area contributed by atoms with Crippen LogP contribution in [0.5, 0.6) is 0 Å². The molecule has 0 aromatic carbocycles. The van der Waals surface area contributed by atoms with Crippen molar-refractivity contribution in [1.82, 2.24) is 5.32 Å². The molecule has 0 aromatic rings. The Hall–Kier alpha value is -0.500. The van der Waals surface area contributed by atoms with Gasteiger partial charge in [-0.05, 0) is 32.4 Å². The van der Waals surface area contributed by atoms with Crippen molar-refractivity contribution in [3.05, 3.63) is 11.8 Å². The summed E-state index contributed by atoms with van der Waals surface area (Å²) in [6, 6.07) is 0.575. The predicted octanol–water partition coefficient (Wildman–Crippen LogP) is 3.10. The zero-order chi connectivity index (χ0) is 10.8. The fraction of sp³-hybridized carbons (Fsp3) is 0.833. The van der Waals surface area contributed by atoms with Crippen molar-refractivity contribution in [3.8, 4) is 0 Å². The first-order chi connectivity index (χ1) is 6.78. The first-order valence-electron chi connectivity index (χ1n) is 5.70. The molecule has 0 aliphatic heterocycles. The average Bonchev–Trinajstić information content (AvgIpc) is 2.22. The standard InChI is InChI=1S/C12H25NO/c1-5-8-11(13-9-6-2)10-12(7-3)14-4/h7,11,13H,5-6,8-10H2,1-4H3/b12-7-. The van der Waals surface area contributed by atoms with Crippen LogP contribution in [-0.4, -0.2) is 19.7 Å². The summed E-state index contributed by atoms with van der Waals surface area (Å²) >= 11 is 0. The van der Waals surface area contributed by atoms with Crippen molar-refractivity contribution in [2.24, 2.45) is 0 Å². The van der Waals surface area contributed by atoms with Gasteiger partial charge in [-0.3, -0.25) is 0 Å². The normalized spacial score (nSPS) is 14.1. The molecule has 2 nitrogen and oxygen atoms in total. The maximum absolute atomic E-state index is 5.28. The van der Waals surface area contributed by atoms with Gasteiger partial charge in [-0.15, -0.1) is 0 Å². The van der Waals surface area contributed by atoms with Crippen LogP contribution in [0.25, 0.3) is 0 Å². The smallest absolute Gasteiger partial charge is 0.0928 e. The van der Waals surface area contributed by atoms with Gasteiger partial charge in [0, 0.05) is 12.5 Å². The van der Waals surface area contributed by atoms with E-state index in [9.17, 15) is 0 Å². The lowest BCUT2D eigenvalue weighted by Crippen LogP contribution is -2.30. The highest BCUT2D eigenvalue weighted by Crippen LogP contribution is 2.10. The van der Waals surface area contributed by atoms with Gasteiger partial charge < -0.3 is 10.1 Å². The highest BCUT2D eigenvalue weighted by molar-refractivity contribution is 4.93. The molecular weight excluding hydrogens is 174 g/mol. The van der Waals surface area contributed by atoms with Gasteiger partial charge in [0.15, 0.2) is 0 Å². The average molecular weight is 199 g/mol. The zero-order valence-electron chi connectivity index (χ0n) is 10.1. The minimum absolute atomic E-state index is 0.575. The van der Waals surface area contributed by atoms with Crippen LogP contribution in [0.2, 0.25) is 0 Å². The molecule has 0 amide bonds. The van der Waals surface area contributed by atoms with Crippen LogP contribution in [0.3, 0.4) is 0 Å². The summed E-state index contributed by atoms with van der Waals surface area (Å²) < 4.78 is 5.28. The molecule has 0 spiro atoms. The molecule has 0 saturated heterocycles. The van der Waals surface area contributed by atoms with Crippen LogP contribution in [0.1, 0.15) is 46.5 Å². The number of nitrogens with one attached hydrogen (secondary N) is 1. The molecule has 0 radical (unpaired) electrons. The summed E-state index contributed by atoms with van der Waals surface area (Å²) in [5.74, 6) is 1.09. The summed E-state index contributed by atoms with van der Waals surface area (Å²) in [7, 11) is 1.75. The summed E-state index contributed by atoms with van der Waals surface area (Å²) in [5, 5.41) is 3.55. The lowest BCUT2D eigenvalue weighted by molar-refractivity contribution is 0.260. The van der Waals surface area contributed by atoms with Crippen LogP contribution >= 0.6 is 0 Å². The number of methoxy groups -OCH3 is 1. The Labute approximate surface area is 88.7 Å². The van der Waals surface area contributed by atoms with E-state index in [1.54, 1.807) is 7.11 Å². The summed E-state index contributed by atoms with van der Waals surface area (Å²) in [5.41, 5.74) is 0. The van der Waals surface area contributed by atoms with E-state index in [0.717, 1.165) is 18.7 Å². The predicted molar refractivity (Wildman–Crippen MR) is 62.4 cm³/mol. The topological polar surface area (TPSA) is 21.3 Å². The second-order valence-corrected chi connectivity index (χ2v) is 3.60. The second-order valence-electron chi connectivity index (χ2n) is 3.60. The Morgan fingerprint density at radius 2 is 2.07 bits per heavy atom. The third kappa shape index (κ3) is 6.03. The van der Waals surface area contributed by atoms with Crippen molar-refractivity contribution >= 4 is 0 Å². The lowest BCUT2D eigenvalue weighted by atomic mass is 10.1. The van der Waals surface area contributed by atoms with Crippen molar-refractivity contribution in [2.45, 2.75) is 52.5 Å². The van der Waals surface area contributed by atoms with Crippen LogP contribution in [0.4, 0.5) is 0 Å². The fourth-order valence-electron chi connectivity index (χ4n) is 1.54. The monoisotopic (exact) mass is 199 g/mol. The van der Waals surface area contributed by atoms with Gasteiger partial charge in [-0.1, -0.05) is 20.3 Å². The second kappa shape index (κ2) is 9.07. The van der Waals surface area contributed by atoms with E-state index in [2.05, 4.69) is 25.2 Å². The Morgan fingerprint density at radius 3 is 2.50 bits per heavy atom. The number of rotatable bonds is 8. The number of allylic oxidation sites excluding steroid dienone is 1. The maximum Gasteiger partial charge on any atom is 0.0928 e. The van der Waals surface area contributed by atoms with Crippen molar-refractivity contribution in [2.75, 3.05) is 13.7 Å². The molecule has 0 aliphatic rings. The summed E-state index contributed by atoms with van der Waals surface area (Å²) in [6.07, 6.45) is 6.71. The van der Waals surface area contributed by atoms with Gasteiger partial charge in [0.05, 0.1) is 12.9 Å². The number of hydrogen-bond acceptors (Lipinski definition) is 2. The third-order valence-corrected chi connectivity index (χ3v) is 2.35. The van der Waals surface area contributed by atoms with Gasteiger partial charge in [0.1, 0.15) is 0 Å².